The Morgan fingerprint density at radius 3 is 2.53 bits per heavy atom. The van der Waals surface area contributed by atoms with Gasteiger partial charge in [0.15, 0.2) is 0 Å². The van der Waals surface area contributed by atoms with E-state index in [2.05, 4.69) is 17.9 Å². The molecular weight excluding hydrogens is 424 g/mol. The molecule has 0 amide bonds. The molecule has 4 aromatic rings. The summed E-state index contributed by atoms with van der Waals surface area (Å²) < 4.78 is 6.17. The molecule has 0 radical (unpaired) electrons. The summed E-state index contributed by atoms with van der Waals surface area (Å²) >= 11 is 0. The molecule has 0 fully saturated rings. The van der Waals surface area contributed by atoms with Gasteiger partial charge in [-0.3, -0.25) is 4.90 Å². The quantitative estimate of drug-likeness (QED) is 0.397. The smallest absolute Gasteiger partial charge is 0.336 e. The maximum absolute atomic E-state index is 12.3. The highest BCUT2D eigenvalue weighted by atomic mass is 16.5. The van der Waals surface area contributed by atoms with Gasteiger partial charge >= 0.3 is 5.97 Å². The van der Waals surface area contributed by atoms with E-state index >= 15 is 0 Å². The Bertz CT molecular complexity index is 1380. The molecule has 1 aliphatic heterocycles. The summed E-state index contributed by atoms with van der Waals surface area (Å²) in [4.78, 5) is 19.5. The average Bonchev–Trinajstić information content (AvgIpc) is 2.87. The van der Waals surface area contributed by atoms with Crippen molar-refractivity contribution in [1.29, 1.82) is 0 Å². The van der Waals surface area contributed by atoms with Crippen LogP contribution < -0.4 is 4.74 Å². The first-order valence-electron chi connectivity index (χ1n) is 11.5. The van der Waals surface area contributed by atoms with Crippen molar-refractivity contribution in [2.24, 2.45) is 0 Å². The van der Waals surface area contributed by atoms with Crippen LogP contribution in [0.15, 0.2) is 78.9 Å². The van der Waals surface area contributed by atoms with E-state index < -0.39 is 5.97 Å². The first-order chi connectivity index (χ1) is 16.6. The van der Waals surface area contributed by atoms with Crippen LogP contribution in [-0.4, -0.2) is 34.0 Å². The van der Waals surface area contributed by atoms with Gasteiger partial charge in [0.05, 0.1) is 16.8 Å². The predicted octanol–water partition coefficient (Wildman–Crippen LogP) is 5.89. The van der Waals surface area contributed by atoms with Crippen LogP contribution in [0.2, 0.25) is 0 Å². The normalized spacial score (nSPS) is 14.8. The van der Waals surface area contributed by atoms with Crippen LogP contribution in [0, 0.1) is 0 Å². The van der Waals surface area contributed by atoms with Crippen LogP contribution in [0.1, 0.15) is 39.7 Å². The molecule has 1 aromatic heterocycles. The highest BCUT2D eigenvalue weighted by Crippen LogP contribution is 2.35. The van der Waals surface area contributed by atoms with E-state index in [9.17, 15) is 9.90 Å². The van der Waals surface area contributed by atoms with Gasteiger partial charge in [0, 0.05) is 29.6 Å². The summed E-state index contributed by atoms with van der Waals surface area (Å²) in [5, 5.41) is 10.8. The van der Waals surface area contributed by atoms with Crippen molar-refractivity contribution in [3.8, 4) is 5.75 Å². The number of hydrogen-bond acceptors (Lipinski definition) is 4. The number of aromatic nitrogens is 1. The lowest BCUT2D eigenvalue weighted by atomic mass is 9.92. The molecule has 34 heavy (non-hydrogen) atoms. The fraction of sp³-hybridized carbons (Fsp3) is 0.172. The molecule has 0 aliphatic carbocycles. The van der Waals surface area contributed by atoms with Crippen molar-refractivity contribution >= 4 is 28.5 Å². The monoisotopic (exact) mass is 450 g/mol. The molecule has 1 aliphatic rings. The minimum atomic E-state index is -0.918. The zero-order valence-corrected chi connectivity index (χ0v) is 19.1. The minimum Gasteiger partial charge on any atom is -0.488 e. The molecule has 5 rings (SSSR count). The predicted molar refractivity (Wildman–Crippen MR) is 135 cm³/mol. The highest BCUT2D eigenvalue weighted by molar-refractivity contribution is 6.06. The fourth-order valence-corrected chi connectivity index (χ4v) is 4.50. The number of fused-ring (bicyclic) bond motifs is 2. The zero-order valence-electron chi connectivity index (χ0n) is 19.1. The molecule has 3 aromatic carbocycles. The number of carbonyl (C=O) groups is 1. The van der Waals surface area contributed by atoms with Gasteiger partial charge < -0.3 is 9.84 Å². The summed E-state index contributed by atoms with van der Waals surface area (Å²) in [7, 11) is 0. The van der Waals surface area contributed by atoms with Crippen LogP contribution >= 0.6 is 0 Å². The van der Waals surface area contributed by atoms with Gasteiger partial charge in [0.1, 0.15) is 12.4 Å². The average molecular weight is 451 g/mol. The highest BCUT2D eigenvalue weighted by Gasteiger charge is 2.28. The Kier molecular flexibility index (Phi) is 6.11. The molecule has 1 N–H and O–H groups in total. The van der Waals surface area contributed by atoms with Gasteiger partial charge in [-0.1, -0.05) is 73.7 Å². The first-order valence-corrected chi connectivity index (χ1v) is 11.5. The van der Waals surface area contributed by atoms with Crippen molar-refractivity contribution < 1.29 is 14.6 Å². The molecule has 0 spiro atoms. The van der Waals surface area contributed by atoms with Gasteiger partial charge in [0.2, 0.25) is 0 Å². The lowest BCUT2D eigenvalue weighted by Gasteiger charge is -2.30. The van der Waals surface area contributed by atoms with E-state index in [1.807, 2.05) is 78.9 Å². The van der Waals surface area contributed by atoms with E-state index in [-0.39, 0.29) is 0 Å². The molecule has 0 saturated carbocycles. The molecule has 2 heterocycles. The van der Waals surface area contributed by atoms with Crippen molar-refractivity contribution in [1.82, 2.24) is 9.88 Å². The Labute approximate surface area is 199 Å². The van der Waals surface area contributed by atoms with Crippen molar-refractivity contribution in [3.05, 3.63) is 107 Å². The zero-order chi connectivity index (χ0) is 23.5. The molecule has 170 valence electrons. The number of rotatable bonds is 6. The number of pyridine rings is 1. The van der Waals surface area contributed by atoms with E-state index in [4.69, 9.17) is 9.72 Å². The number of hydrogen-bond donors (Lipinski definition) is 1. The van der Waals surface area contributed by atoms with E-state index in [0.29, 0.717) is 36.2 Å². The second-order valence-corrected chi connectivity index (χ2v) is 8.42. The maximum atomic E-state index is 12.3. The van der Waals surface area contributed by atoms with Gasteiger partial charge in [-0.05, 0) is 35.9 Å². The number of para-hydroxylation sites is 2. The second-order valence-electron chi connectivity index (χ2n) is 8.42. The van der Waals surface area contributed by atoms with E-state index in [0.717, 1.165) is 40.3 Å². The number of benzene rings is 3. The van der Waals surface area contributed by atoms with Gasteiger partial charge in [-0.25, -0.2) is 9.78 Å². The van der Waals surface area contributed by atoms with Crippen LogP contribution in [-0.2, 0) is 13.2 Å². The topological polar surface area (TPSA) is 62.7 Å². The van der Waals surface area contributed by atoms with E-state index in [1.165, 1.54) is 0 Å². The molecule has 0 bridgehead atoms. The lowest BCUT2D eigenvalue weighted by molar-refractivity contribution is 0.0696. The van der Waals surface area contributed by atoms with Crippen LogP contribution in [0.5, 0.6) is 5.75 Å². The van der Waals surface area contributed by atoms with Crippen LogP contribution in [0.25, 0.3) is 22.6 Å². The number of ether oxygens (including phenoxy) is 1. The third-order valence-corrected chi connectivity index (χ3v) is 6.22. The third kappa shape index (κ3) is 4.30. The third-order valence-electron chi connectivity index (χ3n) is 6.22. The Balaban J connectivity index is 1.61. The molecule has 5 nitrogen and oxygen atoms in total. The molecule has 0 atom stereocenters. The van der Waals surface area contributed by atoms with Crippen molar-refractivity contribution in [3.63, 3.8) is 0 Å². The summed E-state index contributed by atoms with van der Waals surface area (Å²) in [6, 6.07) is 25.5. The van der Waals surface area contributed by atoms with Crippen LogP contribution in [0.4, 0.5) is 0 Å². The van der Waals surface area contributed by atoms with Gasteiger partial charge in [0.25, 0.3) is 0 Å². The van der Waals surface area contributed by atoms with Crippen LogP contribution in [0.3, 0.4) is 0 Å². The van der Waals surface area contributed by atoms with Crippen molar-refractivity contribution in [2.75, 3.05) is 13.1 Å². The molecule has 5 heteroatoms. The maximum Gasteiger partial charge on any atom is 0.336 e. The van der Waals surface area contributed by atoms with Gasteiger partial charge in [-0.2, -0.15) is 0 Å². The van der Waals surface area contributed by atoms with E-state index in [1.54, 1.807) is 0 Å². The largest absolute Gasteiger partial charge is 0.488 e. The SMILES string of the molecule is CCN1CC(=Cc2ccccc2OCc2ccccc2)c2nc3ccccc3c(C(=O)O)c2C1. The standard InChI is InChI=1S/C29H26N2O3/c1-2-31-17-22(16-21-12-6-9-15-26(21)34-19-20-10-4-3-5-11-20)28-24(18-31)27(29(32)33)23-13-7-8-14-25(23)30-28/h3-16H,2,17-19H2,1H3,(H,32,33). The summed E-state index contributed by atoms with van der Waals surface area (Å²) in [6.07, 6.45) is 2.09. The minimum absolute atomic E-state index is 0.346. The summed E-state index contributed by atoms with van der Waals surface area (Å²) in [5.41, 5.74) is 5.62. The second kappa shape index (κ2) is 9.49. The Morgan fingerprint density at radius 2 is 1.74 bits per heavy atom. The van der Waals surface area contributed by atoms with Crippen molar-refractivity contribution in [2.45, 2.75) is 20.1 Å². The summed E-state index contributed by atoms with van der Waals surface area (Å²) in [6.45, 7) is 4.64. The number of aromatic carboxylic acids is 1. The Hall–Kier alpha value is -3.96. The summed E-state index contributed by atoms with van der Waals surface area (Å²) in [5.74, 6) is -0.132. The molecule has 0 saturated heterocycles. The number of nitrogens with zero attached hydrogens (tertiary/aromatic N) is 2. The lowest BCUT2D eigenvalue weighted by Crippen LogP contribution is -2.31. The molecule has 0 unspecified atom stereocenters. The first kappa shape index (κ1) is 21.9. The number of carboxylic acid groups (broad SMARTS) is 1. The van der Waals surface area contributed by atoms with Gasteiger partial charge in [-0.15, -0.1) is 0 Å². The number of likely N-dealkylation sites (N-methyl/N-ethyl adjacent to an activating group) is 1. The number of carboxylic acids is 1. The fourth-order valence-electron chi connectivity index (χ4n) is 4.50. The molecular formula is C29H26N2O3. The Morgan fingerprint density at radius 1 is 1.00 bits per heavy atom.